The van der Waals surface area contributed by atoms with Crippen molar-refractivity contribution in [1.29, 1.82) is 0 Å². The van der Waals surface area contributed by atoms with E-state index in [-0.39, 0.29) is 25.3 Å². The number of fused-ring (bicyclic) bond motifs is 4. The molecule has 0 saturated heterocycles. The number of amides is 1. The Balaban J connectivity index is 1.66. The molecule has 2 aliphatic rings. The van der Waals surface area contributed by atoms with Gasteiger partial charge in [-0.15, -0.1) is 10.2 Å². The van der Waals surface area contributed by atoms with Crippen molar-refractivity contribution in [3.8, 4) is 5.88 Å². The number of ether oxygens (including phenoxy) is 2. The molecule has 5 rings (SSSR count). The van der Waals surface area contributed by atoms with Gasteiger partial charge >= 0.3 is 6.03 Å². The molecule has 4 bridgehead atoms. The van der Waals surface area contributed by atoms with Gasteiger partial charge in [-0.05, 0) is 6.07 Å². The van der Waals surface area contributed by atoms with Gasteiger partial charge in [0.15, 0.2) is 5.65 Å². The first-order chi connectivity index (χ1) is 15.1. The molecule has 0 spiro atoms. The Morgan fingerprint density at radius 1 is 1.32 bits per heavy atom. The smallest absolute Gasteiger partial charge is 0.328 e. The number of rotatable bonds is 2. The van der Waals surface area contributed by atoms with Crippen molar-refractivity contribution >= 4 is 34.4 Å². The first-order valence-corrected chi connectivity index (χ1v) is 9.85. The number of imidazole rings is 1. The molecule has 1 fully saturated rings. The van der Waals surface area contributed by atoms with Crippen LogP contribution in [0.4, 0.5) is 26.4 Å². The van der Waals surface area contributed by atoms with E-state index in [4.69, 9.17) is 9.47 Å². The number of carbonyl (C=O) groups is 1. The molecule has 11 nitrogen and oxygen atoms in total. The zero-order chi connectivity index (χ0) is 21.5. The third kappa shape index (κ3) is 3.48. The first kappa shape index (κ1) is 19.4. The fraction of sp³-hybridized carbons (Fsp3) is 0.421. The Hall–Kier alpha value is -3.54. The van der Waals surface area contributed by atoms with Gasteiger partial charge in [-0.25, -0.2) is 23.7 Å². The minimum Gasteiger partial charge on any atom is -0.478 e. The molecule has 4 heterocycles. The Bertz CT molecular complexity index is 1150. The van der Waals surface area contributed by atoms with Gasteiger partial charge in [-0.2, -0.15) is 0 Å². The Kier molecular flexibility index (Phi) is 4.77. The summed E-state index contributed by atoms with van der Waals surface area (Å²) in [5.74, 6) is 0.724. The minimum atomic E-state index is -1.06. The minimum absolute atomic E-state index is 0.111. The second-order valence-electron chi connectivity index (χ2n) is 7.45. The van der Waals surface area contributed by atoms with Crippen LogP contribution in [0.3, 0.4) is 0 Å². The summed E-state index contributed by atoms with van der Waals surface area (Å²) in [6, 6.07) is 2.57. The summed E-state index contributed by atoms with van der Waals surface area (Å²) in [7, 11) is 3.24. The molecule has 1 amide bonds. The van der Waals surface area contributed by atoms with Gasteiger partial charge in [0.05, 0.1) is 37.2 Å². The van der Waals surface area contributed by atoms with E-state index in [2.05, 4.69) is 36.1 Å². The highest BCUT2D eigenvalue weighted by molar-refractivity contribution is 5.94. The molecule has 3 atom stereocenters. The average Bonchev–Trinajstić information content (AvgIpc) is 3.34. The quantitative estimate of drug-likeness (QED) is 0.561. The highest BCUT2D eigenvalue weighted by atomic mass is 19.1. The number of hydrogen-bond donors (Lipinski definition) is 3. The monoisotopic (exact) mass is 428 g/mol. The number of nitrogens with one attached hydrogen (secondary N) is 3. The summed E-state index contributed by atoms with van der Waals surface area (Å²) in [4.78, 5) is 21.9. The predicted molar refractivity (Wildman–Crippen MR) is 109 cm³/mol. The lowest BCUT2D eigenvalue weighted by Gasteiger charge is -2.21. The van der Waals surface area contributed by atoms with Crippen LogP contribution in [-0.2, 0) is 11.3 Å². The van der Waals surface area contributed by atoms with Gasteiger partial charge in [0, 0.05) is 26.0 Å². The van der Waals surface area contributed by atoms with E-state index in [9.17, 15) is 9.18 Å². The fourth-order valence-corrected chi connectivity index (χ4v) is 3.96. The van der Waals surface area contributed by atoms with Crippen molar-refractivity contribution < 1.29 is 18.7 Å². The molecular weight excluding hydrogens is 407 g/mol. The molecule has 12 heteroatoms. The number of halogens is 1. The number of anilines is 3. The summed E-state index contributed by atoms with van der Waals surface area (Å²) >= 11 is 0. The van der Waals surface area contributed by atoms with Crippen molar-refractivity contribution in [2.75, 3.05) is 24.8 Å². The highest BCUT2D eigenvalue weighted by Crippen LogP contribution is 2.31. The van der Waals surface area contributed by atoms with Gasteiger partial charge in [0.1, 0.15) is 29.5 Å². The van der Waals surface area contributed by atoms with E-state index in [1.165, 1.54) is 18.0 Å². The maximum atomic E-state index is 14.1. The molecule has 1 aliphatic heterocycles. The van der Waals surface area contributed by atoms with Crippen LogP contribution in [-0.4, -0.2) is 63.2 Å². The number of nitrogens with zero attached hydrogens (tertiary/aromatic N) is 5. The van der Waals surface area contributed by atoms with Crippen LogP contribution in [0.25, 0.3) is 11.2 Å². The normalized spacial score (nSPS) is 23.1. The van der Waals surface area contributed by atoms with E-state index in [1.54, 1.807) is 19.2 Å². The summed E-state index contributed by atoms with van der Waals surface area (Å²) in [6.07, 6.45) is 0.202. The van der Waals surface area contributed by atoms with E-state index >= 15 is 0 Å². The third-order valence-electron chi connectivity index (χ3n) is 5.46. The lowest BCUT2D eigenvalue weighted by Crippen LogP contribution is -2.43. The largest absolute Gasteiger partial charge is 0.478 e. The molecule has 3 aromatic rings. The van der Waals surface area contributed by atoms with Gasteiger partial charge < -0.3 is 25.4 Å². The Morgan fingerprint density at radius 3 is 3.00 bits per heavy atom. The summed E-state index contributed by atoms with van der Waals surface area (Å²) in [6.45, 7) is 0.111. The van der Waals surface area contributed by atoms with Gasteiger partial charge in [0.2, 0.25) is 0 Å². The van der Waals surface area contributed by atoms with Gasteiger partial charge in [-0.3, -0.25) is 0 Å². The van der Waals surface area contributed by atoms with Crippen molar-refractivity contribution in [1.82, 2.24) is 30.0 Å². The molecule has 0 aromatic carbocycles. The lowest BCUT2D eigenvalue weighted by atomic mass is 10.2. The molecule has 3 aromatic heterocycles. The Labute approximate surface area is 176 Å². The number of pyridine rings is 1. The molecule has 0 radical (unpaired) electrons. The van der Waals surface area contributed by atoms with E-state index in [0.717, 1.165) is 0 Å². The van der Waals surface area contributed by atoms with Crippen molar-refractivity contribution in [2.24, 2.45) is 0 Å². The Morgan fingerprint density at radius 2 is 2.19 bits per heavy atom. The maximum Gasteiger partial charge on any atom is 0.328 e. The number of methoxy groups -OCH3 is 1. The number of aromatic nitrogens is 5. The zero-order valence-corrected chi connectivity index (χ0v) is 16.9. The standard InChI is InChI=1S/C19H21FN8O3/c1-21-12-6-15-23-13-5-10(26-27-18(13)30-2)7-31-14-4-9(20)3-11(14)24-19(29)28-8-22-16(12)17(28)25-15/h5-6,8-9,11,14H,3-4,7H2,1-2H3,(H,24,29)(H2,21,23,25)/t9-,11-,14-/m0/s1. The number of alkyl halides is 1. The molecule has 1 saturated carbocycles. The van der Waals surface area contributed by atoms with Gasteiger partial charge in [-0.1, -0.05) is 0 Å². The summed E-state index contributed by atoms with van der Waals surface area (Å²) in [5.41, 5.74) is 2.62. The van der Waals surface area contributed by atoms with Crippen LogP contribution in [0.15, 0.2) is 18.5 Å². The zero-order valence-electron chi connectivity index (χ0n) is 16.9. The molecule has 162 valence electrons. The van der Waals surface area contributed by atoms with Crippen molar-refractivity contribution in [3.63, 3.8) is 0 Å². The summed E-state index contributed by atoms with van der Waals surface area (Å²) in [5, 5.41) is 17.3. The third-order valence-corrected chi connectivity index (χ3v) is 5.46. The van der Waals surface area contributed by atoms with Crippen LogP contribution in [0.5, 0.6) is 5.88 Å². The molecule has 0 unspecified atom stereocenters. The van der Waals surface area contributed by atoms with E-state index < -0.39 is 24.3 Å². The number of carbonyl (C=O) groups excluding carboxylic acids is 1. The van der Waals surface area contributed by atoms with Crippen LogP contribution in [0.1, 0.15) is 18.5 Å². The maximum absolute atomic E-state index is 14.1. The fourth-order valence-electron chi connectivity index (χ4n) is 3.96. The first-order valence-electron chi connectivity index (χ1n) is 9.85. The highest BCUT2D eigenvalue weighted by Gasteiger charge is 2.37. The van der Waals surface area contributed by atoms with Crippen molar-refractivity contribution in [2.45, 2.75) is 37.8 Å². The number of hydrogen-bond acceptors (Lipinski definition) is 9. The predicted octanol–water partition coefficient (Wildman–Crippen LogP) is 1.97. The van der Waals surface area contributed by atoms with E-state index in [0.29, 0.717) is 34.1 Å². The lowest BCUT2D eigenvalue weighted by molar-refractivity contribution is 0.0252. The SMILES string of the molecule is CNc1cc2nc3c1ncn3C(=O)N[C@H]1C[C@H](F)C[C@@H]1OCc1cc(c(OC)nn1)N2. The summed E-state index contributed by atoms with van der Waals surface area (Å²) < 4.78 is 26.7. The van der Waals surface area contributed by atoms with Crippen LogP contribution < -0.4 is 20.7 Å². The topological polar surface area (TPSA) is 128 Å². The molecule has 1 aliphatic carbocycles. The molecular formula is C19H21FN8O3. The second kappa shape index (κ2) is 7.61. The van der Waals surface area contributed by atoms with Gasteiger partial charge in [0.25, 0.3) is 5.88 Å². The van der Waals surface area contributed by atoms with Crippen LogP contribution in [0.2, 0.25) is 0 Å². The van der Waals surface area contributed by atoms with Crippen LogP contribution in [0, 0.1) is 0 Å². The van der Waals surface area contributed by atoms with E-state index in [1.807, 2.05) is 0 Å². The average molecular weight is 428 g/mol. The molecule has 3 N–H and O–H groups in total. The second-order valence-corrected chi connectivity index (χ2v) is 7.45. The van der Waals surface area contributed by atoms with Crippen LogP contribution >= 0.6 is 0 Å². The molecule has 31 heavy (non-hydrogen) atoms. The van der Waals surface area contributed by atoms with Crippen molar-refractivity contribution in [3.05, 3.63) is 24.2 Å².